The highest BCUT2D eigenvalue weighted by Gasteiger charge is 2.45. The number of nitrogens with one attached hydrogen (secondary N) is 4. The minimum atomic E-state index is -0.858. The summed E-state index contributed by atoms with van der Waals surface area (Å²) in [6.45, 7) is 9.05. The van der Waals surface area contributed by atoms with Gasteiger partial charge in [-0.3, -0.25) is 9.59 Å². The number of ether oxygens (including phenoxy) is 2. The molecule has 5 aliphatic rings. The van der Waals surface area contributed by atoms with Crippen LogP contribution in [0.1, 0.15) is 144 Å². The lowest BCUT2D eigenvalue weighted by Crippen LogP contribution is -2.51. The van der Waals surface area contributed by atoms with Gasteiger partial charge in [0.05, 0.1) is 60.5 Å². The zero-order valence-electron chi connectivity index (χ0n) is 45.4. The molecule has 0 bridgehead atoms. The number of benzene rings is 4. The Balaban J connectivity index is 0.936. The van der Waals surface area contributed by atoms with Crippen molar-refractivity contribution in [1.82, 2.24) is 40.4 Å². The number of aromatic amines is 2. The highest BCUT2D eigenvalue weighted by atomic mass is 19.1. The number of methoxy groups -OCH3 is 2. The van der Waals surface area contributed by atoms with Gasteiger partial charge >= 0.3 is 12.2 Å². The number of imidazole rings is 2. The number of anilines is 2. The maximum atomic E-state index is 17.0. The van der Waals surface area contributed by atoms with Crippen LogP contribution in [0.2, 0.25) is 0 Å². The molecule has 0 saturated carbocycles. The second-order valence-electron chi connectivity index (χ2n) is 22.8. The van der Waals surface area contributed by atoms with Gasteiger partial charge in [-0.2, -0.15) is 0 Å². The fourth-order valence-electron chi connectivity index (χ4n) is 13.6. The van der Waals surface area contributed by atoms with Crippen molar-refractivity contribution >= 4 is 57.4 Å². The molecular weight excluding hydrogens is 1020 g/mol. The Morgan fingerprint density at radius 3 is 1.57 bits per heavy atom. The van der Waals surface area contributed by atoms with Crippen molar-refractivity contribution in [2.45, 2.75) is 134 Å². The normalized spacial score (nSPS) is 21.7. The molecule has 6 aromatic rings. The van der Waals surface area contributed by atoms with Crippen LogP contribution < -0.4 is 20.4 Å². The molecule has 6 heterocycles. The molecule has 4 amide bonds. The number of aryl methyl sites for hydroxylation is 1. The van der Waals surface area contributed by atoms with Crippen molar-refractivity contribution in [2.24, 2.45) is 11.8 Å². The van der Waals surface area contributed by atoms with Gasteiger partial charge in [-0.25, -0.2) is 37.1 Å². The van der Waals surface area contributed by atoms with Crippen molar-refractivity contribution in [3.8, 4) is 0 Å². The Kier molecular flexibility index (Phi) is 14.5. The van der Waals surface area contributed by atoms with E-state index in [1.54, 1.807) is 31.7 Å². The Morgan fingerprint density at radius 2 is 1.10 bits per heavy atom. The van der Waals surface area contributed by atoms with Crippen molar-refractivity contribution in [1.29, 1.82) is 0 Å². The highest BCUT2D eigenvalue weighted by molar-refractivity contribution is 5.88. The molecule has 16 nitrogen and oxygen atoms in total. The third-order valence-corrected chi connectivity index (χ3v) is 17.6. The standard InChI is InChI=1S/C59H68F4N10O6/c1-31(2)50(68-57(76)78-5)55(74)71-21-9-13-48(71)53-64-42-27-35(38(60)29-44(42)66-53)46-15-16-47(73(46)34-25-40(62)52(41(63)26-34)70-23-19-59(20-24-70)18-17-33-11-7-8-12-37(33)59)36-28-43-45(30-39(36)61)67-54(65-43)49-14-10-22-72(49)56(75)51(32(3)4)69-58(77)79-6/h7-8,11-12,25-32,46-51H,9-10,13-24H2,1-6H3,(H,64,66)(H,65,67)(H,68,76)(H,69,77)/t46-,47-,48?,49?,50+,51+/m1/s1. The van der Waals surface area contributed by atoms with Crippen molar-refractivity contribution in [2.75, 3.05) is 50.2 Å². The third-order valence-electron chi connectivity index (χ3n) is 17.6. The molecule has 4 fully saturated rings. The summed E-state index contributed by atoms with van der Waals surface area (Å²) in [4.78, 5) is 75.7. The van der Waals surface area contributed by atoms with Crippen LogP contribution >= 0.6 is 0 Å². The molecule has 11 rings (SSSR count). The number of piperidine rings is 1. The zero-order valence-corrected chi connectivity index (χ0v) is 45.4. The molecule has 1 aliphatic carbocycles. The van der Waals surface area contributed by atoms with Gasteiger partial charge in [-0.15, -0.1) is 0 Å². The van der Waals surface area contributed by atoms with E-state index in [1.807, 2.05) is 27.7 Å². The smallest absolute Gasteiger partial charge is 0.407 e. The summed E-state index contributed by atoms with van der Waals surface area (Å²) < 4.78 is 77.7. The summed E-state index contributed by atoms with van der Waals surface area (Å²) >= 11 is 0. The molecule has 1 spiro atoms. The number of alkyl carbamates (subject to hydrolysis) is 2. The summed E-state index contributed by atoms with van der Waals surface area (Å²) in [5.74, 6) is -3.00. The number of carbonyl (C=O) groups excluding carboxylic acids is 4. The van der Waals surface area contributed by atoms with Gasteiger partial charge in [0.1, 0.15) is 41.1 Å². The molecule has 6 atom stereocenters. The first-order chi connectivity index (χ1) is 38.0. The summed E-state index contributed by atoms with van der Waals surface area (Å²) in [5, 5.41) is 5.32. The lowest BCUT2D eigenvalue weighted by atomic mass is 9.74. The van der Waals surface area contributed by atoms with Crippen molar-refractivity contribution in [3.63, 3.8) is 0 Å². The summed E-state index contributed by atoms with van der Waals surface area (Å²) in [5.41, 5.74) is 4.52. The number of fused-ring (bicyclic) bond motifs is 4. The number of aromatic nitrogens is 4. The van der Waals surface area contributed by atoms with Crippen molar-refractivity contribution < 1.29 is 46.2 Å². The largest absolute Gasteiger partial charge is 0.453 e. The van der Waals surface area contributed by atoms with E-state index >= 15 is 17.6 Å². The Hall–Kier alpha value is -7.38. The topological polar surface area (TPSA) is 181 Å². The van der Waals surface area contributed by atoms with Crippen LogP contribution in [0, 0.1) is 35.1 Å². The van der Waals surface area contributed by atoms with Crippen LogP contribution in [0.25, 0.3) is 22.1 Å². The molecule has 4 aromatic carbocycles. The number of H-pyrrole nitrogens is 2. The molecule has 2 aromatic heterocycles. The van der Waals surface area contributed by atoms with E-state index in [4.69, 9.17) is 19.4 Å². The molecular formula is C59H68F4N10O6. The summed E-state index contributed by atoms with van der Waals surface area (Å²) in [7, 11) is 2.47. The maximum Gasteiger partial charge on any atom is 0.407 e. The first-order valence-corrected chi connectivity index (χ1v) is 27.8. The third kappa shape index (κ3) is 9.76. The highest BCUT2D eigenvalue weighted by Crippen LogP contribution is 2.51. The van der Waals surface area contributed by atoms with E-state index in [9.17, 15) is 19.2 Å². The summed E-state index contributed by atoms with van der Waals surface area (Å²) in [6, 6.07) is 12.5. The van der Waals surface area contributed by atoms with E-state index in [-0.39, 0.29) is 64.4 Å². The minimum Gasteiger partial charge on any atom is -0.453 e. The number of hydrogen-bond acceptors (Lipinski definition) is 10. The van der Waals surface area contributed by atoms with Gasteiger partial charge in [0, 0.05) is 43.0 Å². The lowest BCUT2D eigenvalue weighted by Gasteiger charge is -2.41. The van der Waals surface area contributed by atoms with E-state index < -0.39 is 71.7 Å². The molecule has 4 aliphatic heterocycles. The van der Waals surface area contributed by atoms with Crippen molar-refractivity contribution in [3.05, 3.63) is 118 Å². The number of carbonyl (C=O) groups is 4. The molecule has 4 saturated heterocycles. The average Bonchev–Trinajstić information content (AvgIpc) is 4.43. The predicted molar refractivity (Wildman–Crippen MR) is 289 cm³/mol. The van der Waals surface area contributed by atoms with Crippen LogP contribution in [0.5, 0.6) is 0 Å². The van der Waals surface area contributed by atoms with Crippen LogP contribution in [-0.2, 0) is 30.9 Å². The van der Waals surface area contributed by atoms with Gasteiger partial charge in [0.25, 0.3) is 0 Å². The number of nitrogens with zero attached hydrogens (tertiary/aromatic N) is 6. The van der Waals surface area contributed by atoms with Gasteiger partial charge < -0.3 is 49.7 Å². The minimum absolute atomic E-state index is 0.0433. The van der Waals surface area contributed by atoms with Gasteiger partial charge in [-0.1, -0.05) is 52.0 Å². The maximum absolute atomic E-state index is 17.0. The number of rotatable bonds is 12. The van der Waals surface area contributed by atoms with E-state index in [0.717, 1.165) is 25.7 Å². The van der Waals surface area contributed by atoms with Crippen LogP contribution in [0.4, 0.5) is 38.5 Å². The van der Waals surface area contributed by atoms with Crippen LogP contribution in [0.15, 0.2) is 60.7 Å². The molecule has 20 heteroatoms. The monoisotopic (exact) mass is 1090 g/mol. The molecule has 4 N–H and O–H groups in total. The SMILES string of the molecule is COC(=O)N[C@H](C(=O)N1CCCC1c1nc2cc([C@H]3CC[C@H](c4cc5nc(C6CCCN6C(=O)[C@@H](NC(=O)OC)C(C)C)[nH]c5cc4F)N3c3cc(F)c(N4CCC5(CCc6ccccc65)CC4)c(F)c3)c(F)cc2[nH]1)C(C)C. The van der Waals surface area contributed by atoms with E-state index in [2.05, 4.69) is 44.9 Å². The molecule has 2 unspecified atom stereocenters. The van der Waals surface area contributed by atoms with Gasteiger partial charge in [0.15, 0.2) is 11.6 Å². The Labute approximate surface area is 456 Å². The Bertz CT molecular complexity index is 3160. The number of amides is 4. The Morgan fingerprint density at radius 1 is 0.620 bits per heavy atom. The second kappa shape index (κ2) is 21.3. The lowest BCUT2D eigenvalue weighted by molar-refractivity contribution is -0.136. The van der Waals surface area contributed by atoms with E-state index in [1.165, 1.54) is 49.6 Å². The van der Waals surface area contributed by atoms with Gasteiger partial charge in [-0.05, 0) is 129 Å². The van der Waals surface area contributed by atoms with Crippen LogP contribution in [0.3, 0.4) is 0 Å². The number of hydrogen-bond donors (Lipinski definition) is 4. The quantitative estimate of drug-likeness (QED) is 0.0861. The van der Waals surface area contributed by atoms with Crippen LogP contribution in [-0.4, -0.2) is 106 Å². The first-order valence-electron chi connectivity index (χ1n) is 27.8. The first kappa shape index (κ1) is 53.6. The fourth-order valence-corrected chi connectivity index (χ4v) is 13.6. The number of likely N-dealkylation sites (tertiary alicyclic amines) is 2. The second-order valence-corrected chi connectivity index (χ2v) is 22.8. The fraction of sp³-hybridized carbons (Fsp3) is 0.492. The predicted octanol–water partition coefficient (Wildman–Crippen LogP) is 10.7. The molecule has 0 radical (unpaired) electrons. The average molecular weight is 1090 g/mol. The van der Waals surface area contributed by atoms with Gasteiger partial charge in [0.2, 0.25) is 11.8 Å². The summed E-state index contributed by atoms with van der Waals surface area (Å²) in [6.07, 6.45) is 5.01. The zero-order chi connectivity index (χ0) is 55.6. The number of halogens is 4. The van der Waals surface area contributed by atoms with E-state index in [0.29, 0.717) is 85.6 Å². The molecule has 418 valence electrons. The molecule has 79 heavy (non-hydrogen) atoms.